The Morgan fingerprint density at radius 1 is 1.35 bits per heavy atom. The smallest absolute Gasteiger partial charge is 0.0446 e. The number of hydrogen-bond donors (Lipinski definition) is 1. The van der Waals surface area contributed by atoms with Crippen molar-refractivity contribution in [3.63, 3.8) is 0 Å². The topological polar surface area (TPSA) is 31.4 Å². The lowest BCUT2D eigenvalue weighted by Gasteiger charge is -2.24. The van der Waals surface area contributed by atoms with E-state index in [2.05, 4.69) is 53.4 Å². The molecule has 1 atom stereocenters. The molecule has 1 unspecified atom stereocenters. The first kappa shape index (κ1) is 13.8. The first-order chi connectivity index (χ1) is 9.63. The van der Waals surface area contributed by atoms with Crippen LogP contribution in [0, 0.1) is 6.92 Å². The van der Waals surface area contributed by atoms with Crippen LogP contribution >= 0.6 is 0 Å². The molecule has 0 bridgehead atoms. The third kappa shape index (κ3) is 3.13. The number of nitrogens with zero attached hydrogens (tertiary/aromatic N) is 3. The van der Waals surface area contributed by atoms with E-state index in [0.717, 1.165) is 31.4 Å². The normalized spacial score (nSPS) is 22.8. The van der Waals surface area contributed by atoms with Crippen molar-refractivity contribution in [1.82, 2.24) is 15.2 Å². The summed E-state index contributed by atoms with van der Waals surface area (Å²) in [7, 11) is 4.36. The molecule has 20 heavy (non-hydrogen) atoms. The van der Waals surface area contributed by atoms with Crippen LogP contribution in [0.4, 0.5) is 5.69 Å². The molecule has 0 amide bonds. The summed E-state index contributed by atoms with van der Waals surface area (Å²) in [6.45, 7) is 5.33. The second kappa shape index (κ2) is 5.70. The molecule has 3 rings (SSSR count). The highest BCUT2D eigenvalue weighted by Gasteiger charge is 2.26. The SMILES string of the molecule is Cc1cc(N2CCC(N(C)C)C2)c(CNC2CC2)cn1. The Hall–Kier alpha value is -1.13. The van der Waals surface area contributed by atoms with E-state index in [9.17, 15) is 0 Å². The summed E-state index contributed by atoms with van der Waals surface area (Å²) in [6, 6.07) is 3.67. The molecular weight excluding hydrogens is 248 g/mol. The molecule has 4 nitrogen and oxygen atoms in total. The number of aryl methyl sites for hydroxylation is 1. The third-order valence-corrected chi connectivity index (χ3v) is 4.49. The number of rotatable bonds is 5. The van der Waals surface area contributed by atoms with Gasteiger partial charge in [-0.15, -0.1) is 0 Å². The van der Waals surface area contributed by atoms with Crippen molar-refractivity contribution in [3.8, 4) is 0 Å². The van der Waals surface area contributed by atoms with Gasteiger partial charge >= 0.3 is 0 Å². The second-order valence-electron chi connectivity index (χ2n) is 6.46. The predicted octanol–water partition coefficient (Wildman–Crippen LogP) is 1.78. The molecule has 1 saturated carbocycles. The highest BCUT2D eigenvalue weighted by atomic mass is 15.2. The average Bonchev–Trinajstić information content (AvgIpc) is 3.11. The first-order valence-corrected chi connectivity index (χ1v) is 7.74. The lowest BCUT2D eigenvalue weighted by molar-refractivity contribution is 0.315. The van der Waals surface area contributed by atoms with Crippen molar-refractivity contribution in [2.45, 2.75) is 44.8 Å². The van der Waals surface area contributed by atoms with Crippen LogP contribution in [0.1, 0.15) is 30.5 Å². The van der Waals surface area contributed by atoms with Gasteiger partial charge in [-0.1, -0.05) is 0 Å². The molecule has 2 fully saturated rings. The molecule has 0 radical (unpaired) electrons. The van der Waals surface area contributed by atoms with Crippen molar-refractivity contribution < 1.29 is 0 Å². The van der Waals surface area contributed by atoms with Crippen molar-refractivity contribution in [3.05, 3.63) is 23.5 Å². The average molecular weight is 274 g/mol. The standard InChI is InChI=1S/C16H26N4/c1-12-8-16(20-7-6-15(11-20)19(2)3)13(9-17-12)10-18-14-4-5-14/h8-9,14-15,18H,4-7,10-11H2,1-3H3. The molecule has 2 aliphatic rings. The largest absolute Gasteiger partial charge is 0.370 e. The van der Waals surface area contributed by atoms with Crippen LogP contribution in [0.3, 0.4) is 0 Å². The number of likely N-dealkylation sites (N-methyl/N-ethyl adjacent to an activating group) is 1. The highest BCUT2D eigenvalue weighted by molar-refractivity contribution is 5.54. The zero-order chi connectivity index (χ0) is 14.1. The van der Waals surface area contributed by atoms with E-state index in [1.54, 1.807) is 0 Å². The molecule has 2 heterocycles. The molecule has 0 aromatic carbocycles. The minimum atomic E-state index is 0.674. The number of hydrogen-bond acceptors (Lipinski definition) is 4. The quantitative estimate of drug-likeness (QED) is 0.887. The molecule has 4 heteroatoms. The maximum atomic E-state index is 4.49. The summed E-state index contributed by atoms with van der Waals surface area (Å²) in [4.78, 5) is 9.36. The number of anilines is 1. The van der Waals surface area contributed by atoms with Gasteiger partial charge in [0, 0.05) is 54.9 Å². The summed E-state index contributed by atoms with van der Waals surface area (Å²) in [5.74, 6) is 0. The van der Waals surface area contributed by atoms with Crippen LogP contribution in [-0.4, -0.2) is 49.2 Å². The number of pyridine rings is 1. The summed E-state index contributed by atoms with van der Waals surface area (Å²) in [5, 5.41) is 3.61. The Labute approximate surface area is 122 Å². The van der Waals surface area contributed by atoms with E-state index in [4.69, 9.17) is 0 Å². The van der Waals surface area contributed by atoms with E-state index in [-0.39, 0.29) is 0 Å². The molecule has 110 valence electrons. The van der Waals surface area contributed by atoms with Gasteiger partial charge < -0.3 is 15.1 Å². The van der Waals surface area contributed by atoms with Gasteiger partial charge in [0.2, 0.25) is 0 Å². The van der Waals surface area contributed by atoms with Crippen LogP contribution in [0.25, 0.3) is 0 Å². The van der Waals surface area contributed by atoms with Gasteiger partial charge in [0.05, 0.1) is 0 Å². The van der Waals surface area contributed by atoms with Crippen LogP contribution in [-0.2, 0) is 6.54 Å². The van der Waals surface area contributed by atoms with Crippen LogP contribution in [0.15, 0.2) is 12.3 Å². The lowest BCUT2D eigenvalue weighted by atomic mass is 10.2. The van der Waals surface area contributed by atoms with Gasteiger partial charge in [0.1, 0.15) is 0 Å². The maximum Gasteiger partial charge on any atom is 0.0446 e. The summed E-state index contributed by atoms with van der Waals surface area (Å²) in [5.41, 5.74) is 3.85. The molecule has 1 aliphatic heterocycles. The minimum absolute atomic E-state index is 0.674. The Bertz CT molecular complexity index is 468. The van der Waals surface area contributed by atoms with Crippen molar-refractivity contribution >= 4 is 5.69 Å². The fourth-order valence-corrected chi connectivity index (χ4v) is 2.93. The van der Waals surface area contributed by atoms with Gasteiger partial charge in [-0.05, 0) is 46.3 Å². The van der Waals surface area contributed by atoms with Crippen molar-refractivity contribution in [2.24, 2.45) is 0 Å². The van der Waals surface area contributed by atoms with E-state index >= 15 is 0 Å². The predicted molar refractivity (Wildman–Crippen MR) is 83.1 cm³/mol. The van der Waals surface area contributed by atoms with Gasteiger partial charge in [-0.2, -0.15) is 0 Å². The molecule has 1 aliphatic carbocycles. The fraction of sp³-hybridized carbons (Fsp3) is 0.688. The zero-order valence-electron chi connectivity index (χ0n) is 12.9. The van der Waals surface area contributed by atoms with E-state index in [0.29, 0.717) is 6.04 Å². The van der Waals surface area contributed by atoms with E-state index in [1.165, 1.54) is 30.5 Å². The summed E-state index contributed by atoms with van der Waals surface area (Å²) in [6.07, 6.45) is 5.98. The minimum Gasteiger partial charge on any atom is -0.370 e. The van der Waals surface area contributed by atoms with E-state index < -0.39 is 0 Å². The monoisotopic (exact) mass is 274 g/mol. The molecule has 1 N–H and O–H groups in total. The van der Waals surface area contributed by atoms with Gasteiger partial charge in [-0.25, -0.2) is 0 Å². The van der Waals surface area contributed by atoms with Crippen molar-refractivity contribution in [2.75, 3.05) is 32.1 Å². The number of aromatic nitrogens is 1. The van der Waals surface area contributed by atoms with Gasteiger partial charge in [0.25, 0.3) is 0 Å². The Morgan fingerprint density at radius 3 is 2.80 bits per heavy atom. The molecule has 1 aromatic heterocycles. The van der Waals surface area contributed by atoms with Crippen molar-refractivity contribution in [1.29, 1.82) is 0 Å². The highest BCUT2D eigenvalue weighted by Crippen LogP contribution is 2.27. The molecule has 0 spiro atoms. The van der Waals surface area contributed by atoms with Crippen LogP contribution in [0.2, 0.25) is 0 Å². The maximum absolute atomic E-state index is 4.49. The molecular formula is C16H26N4. The summed E-state index contributed by atoms with van der Waals surface area (Å²) < 4.78 is 0. The fourth-order valence-electron chi connectivity index (χ4n) is 2.93. The van der Waals surface area contributed by atoms with Crippen LogP contribution < -0.4 is 10.2 Å². The Kier molecular flexibility index (Phi) is 3.94. The number of nitrogens with one attached hydrogen (secondary N) is 1. The first-order valence-electron chi connectivity index (χ1n) is 7.74. The third-order valence-electron chi connectivity index (χ3n) is 4.49. The van der Waals surface area contributed by atoms with Crippen LogP contribution in [0.5, 0.6) is 0 Å². The van der Waals surface area contributed by atoms with Gasteiger partial charge in [-0.3, -0.25) is 4.98 Å². The lowest BCUT2D eigenvalue weighted by Crippen LogP contribution is -2.32. The Balaban J connectivity index is 1.74. The molecule has 1 saturated heterocycles. The zero-order valence-corrected chi connectivity index (χ0v) is 12.9. The van der Waals surface area contributed by atoms with E-state index in [1.807, 2.05) is 0 Å². The molecule has 1 aromatic rings. The van der Waals surface area contributed by atoms with Gasteiger partial charge in [0.15, 0.2) is 0 Å². The summed E-state index contributed by atoms with van der Waals surface area (Å²) >= 11 is 0. The Morgan fingerprint density at radius 2 is 2.15 bits per heavy atom. The second-order valence-corrected chi connectivity index (χ2v) is 6.46.